The van der Waals surface area contributed by atoms with Crippen molar-refractivity contribution >= 4 is 40.5 Å². The fraction of sp³-hybridized carbons (Fsp3) is 0.500. The van der Waals surface area contributed by atoms with Gasteiger partial charge in [-0.2, -0.15) is 9.78 Å². The summed E-state index contributed by atoms with van der Waals surface area (Å²) in [7, 11) is 0. The molecule has 1 saturated heterocycles. The molecule has 2 fully saturated rings. The van der Waals surface area contributed by atoms with Crippen molar-refractivity contribution < 1.29 is 4.74 Å². The smallest absolute Gasteiger partial charge is 0.291 e. The Labute approximate surface area is 178 Å². The van der Waals surface area contributed by atoms with Gasteiger partial charge in [-0.3, -0.25) is 4.79 Å². The zero-order valence-electron chi connectivity index (χ0n) is 15.4. The number of aromatic nitrogens is 2. The normalized spacial score (nSPS) is 21.6. The lowest BCUT2D eigenvalue weighted by Gasteiger charge is -2.44. The molecule has 0 amide bonds. The SMILES string of the molecule is O=c1c(Cl)c(Cl)cnn1-c1ccc(NC2CCOC3(CCCCC3)C2)c(Cl)c1. The van der Waals surface area contributed by atoms with E-state index in [1.807, 2.05) is 6.07 Å². The Morgan fingerprint density at radius 2 is 1.93 bits per heavy atom. The van der Waals surface area contributed by atoms with Gasteiger partial charge in [-0.15, -0.1) is 0 Å². The van der Waals surface area contributed by atoms with Crippen LogP contribution in [0.25, 0.3) is 5.69 Å². The van der Waals surface area contributed by atoms with Crippen LogP contribution in [0.5, 0.6) is 0 Å². The molecule has 1 aromatic heterocycles. The zero-order chi connectivity index (χ0) is 19.7. The highest BCUT2D eigenvalue weighted by molar-refractivity contribution is 6.41. The third-order valence-corrected chi connectivity index (χ3v) is 6.75. The van der Waals surface area contributed by atoms with E-state index >= 15 is 0 Å². The lowest BCUT2D eigenvalue weighted by molar-refractivity contribution is -0.103. The Balaban J connectivity index is 1.52. The van der Waals surface area contributed by atoms with Gasteiger partial charge in [0.15, 0.2) is 0 Å². The third-order valence-electron chi connectivity index (χ3n) is 5.69. The number of rotatable bonds is 3. The van der Waals surface area contributed by atoms with E-state index in [0.717, 1.165) is 38.0 Å². The molecule has 2 aliphatic rings. The van der Waals surface area contributed by atoms with Crippen molar-refractivity contribution in [2.45, 2.75) is 56.6 Å². The summed E-state index contributed by atoms with van der Waals surface area (Å²) < 4.78 is 7.36. The molecule has 0 bridgehead atoms. The van der Waals surface area contributed by atoms with E-state index in [0.29, 0.717) is 16.8 Å². The maximum Gasteiger partial charge on any atom is 0.291 e. The van der Waals surface area contributed by atoms with Crippen molar-refractivity contribution in [3.05, 3.63) is 49.8 Å². The first-order chi connectivity index (χ1) is 13.5. The number of halogens is 3. The molecule has 1 saturated carbocycles. The molecule has 5 nitrogen and oxygen atoms in total. The van der Waals surface area contributed by atoms with Gasteiger partial charge in [-0.25, -0.2) is 0 Å². The van der Waals surface area contributed by atoms with E-state index < -0.39 is 5.56 Å². The molecule has 1 spiro atoms. The maximum atomic E-state index is 12.3. The van der Waals surface area contributed by atoms with Crippen LogP contribution >= 0.6 is 34.8 Å². The van der Waals surface area contributed by atoms with Crippen LogP contribution in [-0.4, -0.2) is 28.0 Å². The summed E-state index contributed by atoms with van der Waals surface area (Å²) in [5.74, 6) is 0. The minimum absolute atomic E-state index is 0.0257. The molecule has 1 unspecified atom stereocenters. The Morgan fingerprint density at radius 3 is 2.68 bits per heavy atom. The number of nitrogens with one attached hydrogen (secondary N) is 1. The fourth-order valence-corrected chi connectivity index (χ4v) is 4.75. The molecule has 0 radical (unpaired) electrons. The van der Waals surface area contributed by atoms with Crippen LogP contribution in [-0.2, 0) is 4.74 Å². The van der Waals surface area contributed by atoms with E-state index in [1.165, 1.54) is 30.1 Å². The Bertz CT molecular complexity index is 920. The van der Waals surface area contributed by atoms with Crippen molar-refractivity contribution in [3.8, 4) is 5.69 Å². The summed E-state index contributed by atoms with van der Waals surface area (Å²) in [6.45, 7) is 0.774. The van der Waals surface area contributed by atoms with Crippen LogP contribution in [0.4, 0.5) is 5.69 Å². The Kier molecular flexibility index (Phi) is 5.88. The van der Waals surface area contributed by atoms with Gasteiger partial charge in [-0.1, -0.05) is 54.1 Å². The standard InChI is InChI=1S/C20H22Cl3N3O2/c21-15-10-14(26-19(27)18(23)16(22)12-24-26)4-5-17(15)25-13-6-9-28-20(11-13)7-2-1-3-8-20/h4-5,10,12-13,25H,1-3,6-9,11H2. The van der Waals surface area contributed by atoms with Gasteiger partial charge < -0.3 is 10.1 Å². The summed E-state index contributed by atoms with van der Waals surface area (Å²) in [6, 6.07) is 5.69. The summed E-state index contributed by atoms with van der Waals surface area (Å²) in [5, 5.41) is 8.21. The van der Waals surface area contributed by atoms with Crippen molar-refractivity contribution in [1.82, 2.24) is 9.78 Å². The highest BCUT2D eigenvalue weighted by Crippen LogP contribution is 2.39. The van der Waals surface area contributed by atoms with Crippen molar-refractivity contribution in [1.29, 1.82) is 0 Å². The van der Waals surface area contributed by atoms with Gasteiger partial charge in [0.1, 0.15) is 5.02 Å². The number of nitrogens with zero attached hydrogens (tertiary/aromatic N) is 2. The zero-order valence-corrected chi connectivity index (χ0v) is 17.7. The summed E-state index contributed by atoms with van der Waals surface area (Å²) in [5.41, 5.74) is 0.929. The van der Waals surface area contributed by atoms with E-state index in [9.17, 15) is 4.79 Å². The van der Waals surface area contributed by atoms with Gasteiger partial charge in [-0.05, 0) is 43.9 Å². The monoisotopic (exact) mass is 441 g/mol. The molecule has 8 heteroatoms. The van der Waals surface area contributed by atoms with Crippen LogP contribution in [0.1, 0.15) is 44.9 Å². The number of benzene rings is 1. The topological polar surface area (TPSA) is 56.2 Å². The quantitative estimate of drug-likeness (QED) is 0.683. The first-order valence-corrected chi connectivity index (χ1v) is 10.7. The highest BCUT2D eigenvalue weighted by atomic mass is 35.5. The van der Waals surface area contributed by atoms with E-state index in [2.05, 4.69) is 10.4 Å². The summed E-state index contributed by atoms with van der Waals surface area (Å²) >= 11 is 18.3. The minimum atomic E-state index is -0.477. The number of hydrogen-bond donors (Lipinski definition) is 1. The van der Waals surface area contributed by atoms with Crippen LogP contribution in [0.15, 0.2) is 29.2 Å². The summed E-state index contributed by atoms with van der Waals surface area (Å²) in [6.07, 6.45) is 9.37. The van der Waals surface area contributed by atoms with E-state index in [4.69, 9.17) is 39.5 Å². The predicted molar refractivity (Wildman–Crippen MR) is 113 cm³/mol. The number of hydrogen-bond acceptors (Lipinski definition) is 4. The van der Waals surface area contributed by atoms with Crippen LogP contribution in [0.2, 0.25) is 15.1 Å². The van der Waals surface area contributed by atoms with Crippen molar-refractivity contribution in [2.24, 2.45) is 0 Å². The molecule has 4 rings (SSSR count). The average Bonchev–Trinajstić information content (AvgIpc) is 2.69. The lowest BCUT2D eigenvalue weighted by Crippen LogP contribution is -2.45. The van der Waals surface area contributed by atoms with Crippen molar-refractivity contribution in [2.75, 3.05) is 11.9 Å². The molecule has 1 N–H and O–H groups in total. The second kappa shape index (κ2) is 8.23. The Morgan fingerprint density at radius 1 is 1.14 bits per heavy atom. The molecule has 1 atom stereocenters. The highest BCUT2D eigenvalue weighted by Gasteiger charge is 2.38. The molecular formula is C20H22Cl3N3O2. The van der Waals surface area contributed by atoms with E-state index in [-0.39, 0.29) is 15.6 Å². The maximum absolute atomic E-state index is 12.3. The summed E-state index contributed by atoms with van der Waals surface area (Å²) in [4.78, 5) is 12.3. The van der Waals surface area contributed by atoms with Gasteiger partial charge in [0.25, 0.3) is 5.56 Å². The van der Waals surface area contributed by atoms with Crippen LogP contribution < -0.4 is 10.9 Å². The molecule has 1 aromatic carbocycles. The fourth-order valence-electron chi connectivity index (χ4n) is 4.26. The second-order valence-corrected chi connectivity index (χ2v) is 8.81. The van der Waals surface area contributed by atoms with Crippen molar-refractivity contribution in [3.63, 3.8) is 0 Å². The molecule has 2 heterocycles. The molecule has 2 aromatic rings. The second-order valence-electron chi connectivity index (χ2n) is 7.61. The average molecular weight is 443 g/mol. The molecule has 28 heavy (non-hydrogen) atoms. The number of ether oxygens (including phenoxy) is 1. The molecule has 1 aliphatic heterocycles. The predicted octanol–water partition coefficient (Wildman–Crippen LogP) is 5.49. The molecule has 150 valence electrons. The molecular weight excluding hydrogens is 421 g/mol. The third kappa shape index (κ3) is 4.04. The largest absolute Gasteiger partial charge is 0.381 e. The number of anilines is 1. The first-order valence-electron chi connectivity index (χ1n) is 9.61. The van der Waals surface area contributed by atoms with Gasteiger partial charge in [0.05, 0.1) is 33.2 Å². The van der Waals surface area contributed by atoms with Gasteiger partial charge >= 0.3 is 0 Å². The van der Waals surface area contributed by atoms with Gasteiger partial charge in [0.2, 0.25) is 0 Å². The van der Waals surface area contributed by atoms with Gasteiger partial charge in [0, 0.05) is 12.6 Å². The van der Waals surface area contributed by atoms with Crippen LogP contribution in [0.3, 0.4) is 0 Å². The van der Waals surface area contributed by atoms with Crippen LogP contribution in [0, 0.1) is 0 Å². The van der Waals surface area contributed by atoms with E-state index in [1.54, 1.807) is 12.1 Å². The lowest BCUT2D eigenvalue weighted by atomic mass is 9.78. The molecule has 1 aliphatic carbocycles. The first kappa shape index (κ1) is 20.0. The Hall–Kier alpha value is -1.27. The minimum Gasteiger partial charge on any atom is -0.381 e.